The summed E-state index contributed by atoms with van der Waals surface area (Å²) in [5, 5.41) is 0. The van der Waals surface area contributed by atoms with Gasteiger partial charge in [0.05, 0.1) is 6.21 Å². The van der Waals surface area contributed by atoms with Gasteiger partial charge in [-0.2, -0.15) is 0 Å². The molecule has 0 fully saturated rings. The molecule has 72 valence electrons. The SMILES string of the molecule is [2H]CC(C)(C)[S@+]([O-])/N=C/CC(C)C. The third-order valence-corrected chi connectivity index (χ3v) is 2.51. The quantitative estimate of drug-likeness (QED) is 0.497. The molecule has 0 aliphatic heterocycles. The van der Waals surface area contributed by atoms with E-state index in [4.69, 9.17) is 1.37 Å². The molecule has 0 aromatic rings. The summed E-state index contributed by atoms with van der Waals surface area (Å²) in [6, 6.07) is 0. The summed E-state index contributed by atoms with van der Waals surface area (Å²) in [6.07, 6.45) is 2.55. The van der Waals surface area contributed by atoms with Crippen LogP contribution in [0.15, 0.2) is 4.40 Å². The average molecular weight is 190 g/mol. The summed E-state index contributed by atoms with van der Waals surface area (Å²) in [5.74, 6) is 0.542. The van der Waals surface area contributed by atoms with Gasteiger partial charge in [-0.15, -0.1) is 0 Å². The number of rotatable bonds is 3. The minimum absolute atomic E-state index is 0.138. The van der Waals surface area contributed by atoms with E-state index in [1.165, 1.54) is 0 Å². The van der Waals surface area contributed by atoms with Crippen LogP contribution in [-0.4, -0.2) is 15.5 Å². The van der Waals surface area contributed by atoms with Gasteiger partial charge in [0, 0.05) is 1.37 Å². The number of hydrogen-bond acceptors (Lipinski definition) is 2. The zero-order valence-electron chi connectivity index (χ0n) is 9.33. The maximum atomic E-state index is 11.5. The monoisotopic (exact) mass is 190 g/mol. The Bertz CT molecular complexity index is 171. The largest absolute Gasteiger partial charge is 0.591 e. The Morgan fingerprint density at radius 2 is 2.25 bits per heavy atom. The summed E-state index contributed by atoms with van der Waals surface area (Å²) < 4.78 is 22.1. The third-order valence-electron chi connectivity index (χ3n) is 1.22. The lowest BCUT2D eigenvalue weighted by atomic mass is 10.2. The van der Waals surface area contributed by atoms with Crippen LogP contribution >= 0.6 is 0 Å². The predicted molar refractivity (Wildman–Crippen MR) is 55.8 cm³/mol. The Hall–Kier alpha value is -0.0200. The molecule has 0 saturated carbocycles. The van der Waals surface area contributed by atoms with E-state index in [0.717, 1.165) is 6.42 Å². The predicted octanol–water partition coefficient (Wildman–Crippen LogP) is 2.57. The molecule has 2 nitrogen and oxygen atoms in total. The normalized spacial score (nSPS) is 17.0. The minimum atomic E-state index is -1.26. The van der Waals surface area contributed by atoms with E-state index in [0.29, 0.717) is 5.92 Å². The second-order valence-electron chi connectivity index (χ2n) is 3.93. The molecule has 0 aliphatic carbocycles. The van der Waals surface area contributed by atoms with Crippen LogP contribution in [0, 0.1) is 5.92 Å². The maximum absolute atomic E-state index is 11.5. The third kappa shape index (κ3) is 5.61. The fraction of sp³-hybridized carbons (Fsp3) is 0.889. The molecule has 0 spiro atoms. The van der Waals surface area contributed by atoms with Crippen LogP contribution in [0.5, 0.6) is 0 Å². The van der Waals surface area contributed by atoms with Crippen LogP contribution in [-0.2, 0) is 11.4 Å². The van der Waals surface area contributed by atoms with Crippen molar-refractivity contribution in [2.75, 3.05) is 0 Å². The zero-order valence-corrected chi connectivity index (χ0v) is 9.15. The van der Waals surface area contributed by atoms with E-state index in [1.54, 1.807) is 20.1 Å². The van der Waals surface area contributed by atoms with Gasteiger partial charge >= 0.3 is 0 Å². The summed E-state index contributed by atoms with van der Waals surface area (Å²) >= 11 is -1.26. The fourth-order valence-electron chi connectivity index (χ4n) is 0.464. The topological polar surface area (TPSA) is 35.4 Å². The van der Waals surface area contributed by atoms with E-state index < -0.39 is 16.1 Å². The lowest BCUT2D eigenvalue weighted by Crippen LogP contribution is -2.25. The molecule has 0 unspecified atom stereocenters. The molecular weight excluding hydrogens is 170 g/mol. The molecule has 3 heteroatoms. The van der Waals surface area contributed by atoms with Crippen molar-refractivity contribution in [3.8, 4) is 0 Å². The summed E-state index contributed by atoms with van der Waals surface area (Å²) in [5.41, 5.74) is 0. The van der Waals surface area contributed by atoms with Crippen LogP contribution in [0.25, 0.3) is 0 Å². The molecule has 0 aromatic carbocycles. The van der Waals surface area contributed by atoms with E-state index >= 15 is 0 Å². The van der Waals surface area contributed by atoms with Gasteiger partial charge in [0.1, 0.15) is 16.1 Å². The lowest BCUT2D eigenvalue weighted by molar-refractivity contribution is 0.561. The van der Waals surface area contributed by atoms with Gasteiger partial charge < -0.3 is 4.55 Å². The summed E-state index contributed by atoms with van der Waals surface area (Å²) in [7, 11) is 0. The number of hydrogen-bond donors (Lipinski definition) is 0. The van der Waals surface area contributed by atoms with Crippen LogP contribution in [0.3, 0.4) is 0 Å². The highest BCUT2D eigenvalue weighted by Crippen LogP contribution is 2.16. The Morgan fingerprint density at radius 3 is 2.67 bits per heavy atom. The second kappa shape index (κ2) is 4.87. The maximum Gasteiger partial charge on any atom is 0.144 e. The van der Waals surface area contributed by atoms with Gasteiger partial charge in [-0.05, 0) is 33.1 Å². The molecule has 0 aliphatic rings. The Labute approximate surface area is 80.2 Å². The van der Waals surface area contributed by atoms with Crippen LogP contribution in [0.2, 0.25) is 0 Å². The average Bonchev–Trinajstić information content (AvgIpc) is 2.03. The van der Waals surface area contributed by atoms with Gasteiger partial charge in [0.15, 0.2) is 0 Å². The Morgan fingerprint density at radius 1 is 1.67 bits per heavy atom. The summed E-state index contributed by atoms with van der Waals surface area (Å²) in [6.45, 7) is 7.90. The van der Waals surface area contributed by atoms with Crippen LogP contribution in [0.4, 0.5) is 0 Å². The van der Waals surface area contributed by atoms with E-state index in [1.807, 2.05) is 0 Å². The first kappa shape index (κ1) is 10.1. The fourth-order valence-corrected chi connectivity index (χ4v) is 0.971. The first-order chi connectivity index (χ1) is 5.90. The molecule has 0 bridgehead atoms. The highest BCUT2D eigenvalue weighted by molar-refractivity contribution is 7.91. The molecule has 0 N–H and O–H groups in total. The standard InChI is InChI=1S/C9H19NOS/c1-8(2)6-7-10-12(11)9(3,4)5/h7-8H,6H2,1-5H3/b10-7+/t12-/m0/s1/i3D. The van der Waals surface area contributed by atoms with Crippen molar-refractivity contribution in [3.05, 3.63) is 0 Å². The molecule has 12 heavy (non-hydrogen) atoms. The van der Waals surface area contributed by atoms with E-state index in [-0.39, 0.29) is 6.90 Å². The molecule has 1 atom stereocenters. The van der Waals surface area contributed by atoms with Gasteiger partial charge in [-0.25, -0.2) is 0 Å². The van der Waals surface area contributed by atoms with Crippen molar-refractivity contribution in [2.24, 2.45) is 10.3 Å². The van der Waals surface area contributed by atoms with Gasteiger partial charge in [0.25, 0.3) is 0 Å². The number of nitrogens with zero attached hydrogens (tertiary/aromatic N) is 1. The Balaban J connectivity index is 3.99. The van der Waals surface area contributed by atoms with Crippen molar-refractivity contribution in [1.29, 1.82) is 0 Å². The van der Waals surface area contributed by atoms with Crippen LogP contribution < -0.4 is 0 Å². The van der Waals surface area contributed by atoms with Crippen molar-refractivity contribution in [3.63, 3.8) is 0 Å². The van der Waals surface area contributed by atoms with Gasteiger partial charge in [-0.3, -0.25) is 0 Å². The van der Waals surface area contributed by atoms with Crippen molar-refractivity contribution in [1.82, 2.24) is 0 Å². The van der Waals surface area contributed by atoms with E-state index in [2.05, 4.69) is 18.2 Å². The summed E-state index contributed by atoms with van der Waals surface area (Å²) in [4.78, 5) is 0. The van der Waals surface area contributed by atoms with Crippen molar-refractivity contribution >= 4 is 17.6 Å². The molecule has 0 amide bonds. The molecule has 0 radical (unpaired) electrons. The lowest BCUT2D eigenvalue weighted by Gasteiger charge is -2.17. The molecule has 0 rings (SSSR count). The molecule has 0 aromatic heterocycles. The molecule has 0 saturated heterocycles. The highest BCUT2D eigenvalue weighted by atomic mass is 32.2. The van der Waals surface area contributed by atoms with Gasteiger partial charge in [0.2, 0.25) is 0 Å². The molecule has 0 heterocycles. The van der Waals surface area contributed by atoms with Gasteiger partial charge in [-0.1, -0.05) is 18.2 Å². The van der Waals surface area contributed by atoms with Crippen molar-refractivity contribution in [2.45, 2.75) is 45.8 Å². The van der Waals surface area contributed by atoms with E-state index in [9.17, 15) is 4.55 Å². The second-order valence-corrected chi connectivity index (χ2v) is 5.74. The highest BCUT2D eigenvalue weighted by Gasteiger charge is 2.25. The Kier molecular flexibility index (Phi) is 4.09. The van der Waals surface area contributed by atoms with Crippen molar-refractivity contribution < 1.29 is 5.92 Å². The first-order valence-corrected chi connectivity index (χ1v) is 5.24. The smallest absolute Gasteiger partial charge is 0.144 e. The first-order valence-electron chi connectivity index (χ1n) is 4.84. The zero-order chi connectivity index (χ0) is 10.5. The van der Waals surface area contributed by atoms with Crippen LogP contribution in [0.1, 0.15) is 42.4 Å². The minimum Gasteiger partial charge on any atom is -0.591 e. The molecular formula is C9H19NOS.